The number of nitrogens with one attached hydrogen (secondary N) is 1. The van der Waals surface area contributed by atoms with Crippen LogP contribution in [0.2, 0.25) is 5.02 Å². The van der Waals surface area contributed by atoms with Crippen molar-refractivity contribution < 1.29 is 0 Å². The second kappa shape index (κ2) is 7.34. The van der Waals surface area contributed by atoms with Gasteiger partial charge in [-0.3, -0.25) is 4.90 Å². The molecule has 1 saturated heterocycles. The van der Waals surface area contributed by atoms with Crippen LogP contribution in [-0.4, -0.2) is 33.6 Å². The summed E-state index contributed by atoms with van der Waals surface area (Å²) in [6, 6.07) is 2.67. The van der Waals surface area contributed by atoms with Crippen LogP contribution in [-0.2, 0) is 20.1 Å². The van der Waals surface area contributed by atoms with Crippen molar-refractivity contribution in [1.82, 2.24) is 19.8 Å². The average Bonchev–Trinajstić information content (AvgIpc) is 2.86. The first-order valence-corrected chi connectivity index (χ1v) is 9.57. The van der Waals surface area contributed by atoms with Gasteiger partial charge in [0.2, 0.25) is 0 Å². The Hall–Kier alpha value is -0.590. The Morgan fingerprint density at radius 3 is 2.83 bits per heavy atom. The van der Waals surface area contributed by atoms with E-state index in [2.05, 4.69) is 32.2 Å². The van der Waals surface area contributed by atoms with Crippen LogP contribution in [0.15, 0.2) is 23.8 Å². The van der Waals surface area contributed by atoms with E-state index in [1.54, 1.807) is 11.3 Å². The highest BCUT2D eigenvalue weighted by Gasteiger charge is 2.56. The van der Waals surface area contributed by atoms with Crippen molar-refractivity contribution in [2.45, 2.75) is 38.4 Å². The number of halogens is 2. The second-order valence-corrected chi connectivity index (χ2v) is 8.29. The van der Waals surface area contributed by atoms with Gasteiger partial charge in [0.1, 0.15) is 5.82 Å². The van der Waals surface area contributed by atoms with Crippen molar-refractivity contribution in [3.8, 4) is 0 Å². The number of aromatic nitrogens is 2. The number of nitrogens with zero attached hydrogens (tertiary/aromatic N) is 3. The van der Waals surface area contributed by atoms with Gasteiger partial charge in [0, 0.05) is 36.9 Å². The van der Waals surface area contributed by atoms with Crippen LogP contribution in [0.1, 0.15) is 30.0 Å². The summed E-state index contributed by atoms with van der Waals surface area (Å²) in [7, 11) is 2.08. The Balaban J connectivity index is 0.00000169. The van der Waals surface area contributed by atoms with Crippen LogP contribution in [0.5, 0.6) is 0 Å². The van der Waals surface area contributed by atoms with Crippen LogP contribution in [0.4, 0.5) is 0 Å². The Kier molecular flexibility index (Phi) is 5.57. The maximum Gasteiger partial charge on any atom is 0.122 e. The van der Waals surface area contributed by atoms with Crippen molar-refractivity contribution in [1.29, 1.82) is 0 Å². The van der Waals surface area contributed by atoms with E-state index in [9.17, 15) is 0 Å². The van der Waals surface area contributed by atoms with Crippen LogP contribution >= 0.6 is 35.3 Å². The molecule has 1 aliphatic heterocycles. The van der Waals surface area contributed by atoms with Crippen LogP contribution in [0.25, 0.3) is 0 Å². The number of imidazole rings is 1. The minimum atomic E-state index is 0. The molecule has 0 bridgehead atoms. The first-order chi connectivity index (χ1) is 11.2. The molecule has 0 aromatic carbocycles. The Morgan fingerprint density at radius 1 is 1.42 bits per heavy atom. The van der Waals surface area contributed by atoms with Crippen LogP contribution in [0, 0.1) is 5.41 Å². The summed E-state index contributed by atoms with van der Waals surface area (Å²) in [5.74, 6) is 1.13. The monoisotopic (exact) mass is 386 g/mol. The fourth-order valence-electron chi connectivity index (χ4n) is 3.93. The quantitative estimate of drug-likeness (QED) is 0.849. The van der Waals surface area contributed by atoms with Gasteiger partial charge in [-0.05, 0) is 49.2 Å². The van der Waals surface area contributed by atoms with Gasteiger partial charge < -0.3 is 9.88 Å². The molecule has 3 heterocycles. The topological polar surface area (TPSA) is 33.1 Å². The number of piperidine rings is 1. The molecule has 4 nitrogen and oxygen atoms in total. The summed E-state index contributed by atoms with van der Waals surface area (Å²) < 4.78 is 2.13. The third-order valence-corrected chi connectivity index (χ3v) is 6.86. The molecule has 1 spiro atoms. The zero-order valence-corrected chi connectivity index (χ0v) is 16.3. The highest BCUT2D eigenvalue weighted by Crippen LogP contribution is 2.56. The molecule has 2 aromatic heterocycles. The number of aryl methyl sites for hydroxylation is 1. The molecule has 1 atom stereocenters. The van der Waals surface area contributed by atoms with Gasteiger partial charge >= 0.3 is 0 Å². The van der Waals surface area contributed by atoms with Gasteiger partial charge in [-0.15, -0.1) is 23.7 Å². The molecular weight excluding hydrogens is 363 g/mol. The molecule has 24 heavy (non-hydrogen) atoms. The van der Waals surface area contributed by atoms with Crippen molar-refractivity contribution in [3.63, 3.8) is 0 Å². The molecule has 2 aromatic rings. The summed E-state index contributed by atoms with van der Waals surface area (Å²) in [5.41, 5.74) is 0.528. The van der Waals surface area contributed by atoms with E-state index in [0.29, 0.717) is 11.5 Å². The molecular formula is C17H24Cl2N4S. The Labute approximate surface area is 158 Å². The van der Waals surface area contributed by atoms with E-state index >= 15 is 0 Å². The van der Waals surface area contributed by atoms with Gasteiger partial charge in [0.15, 0.2) is 0 Å². The minimum absolute atomic E-state index is 0. The smallest absolute Gasteiger partial charge is 0.122 e. The molecule has 7 heteroatoms. The molecule has 1 unspecified atom stereocenters. The summed E-state index contributed by atoms with van der Waals surface area (Å²) >= 11 is 8.11. The summed E-state index contributed by atoms with van der Waals surface area (Å²) in [5, 5.41) is 6.48. The first kappa shape index (κ1) is 18.2. The van der Waals surface area contributed by atoms with Crippen molar-refractivity contribution in [3.05, 3.63) is 39.6 Å². The largest absolute Gasteiger partial charge is 0.337 e. The average molecular weight is 387 g/mol. The third-order valence-electron chi connectivity index (χ3n) is 5.49. The lowest BCUT2D eigenvalue weighted by Crippen LogP contribution is -2.36. The Morgan fingerprint density at radius 2 is 2.21 bits per heavy atom. The van der Waals surface area contributed by atoms with E-state index in [-0.39, 0.29) is 12.4 Å². The zero-order chi connectivity index (χ0) is 15.9. The van der Waals surface area contributed by atoms with Crippen molar-refractivity contribution in [2.75, 3.05) is 13.1 Å². The predicted molar refractivity (Wildman–Crippen MR) is 102 cm³/mol. The molecule has 2 aliphatic rings. The second-order valence-electron chi connectivity index (χ2n) is 6.88. The lowest BCUT2D eigenvalue weighted by Gasteiger charge is -2.29. The van der Waals surface area contributed by atoms with Gasteiger partial charge in [-0.2, -0.15) is 0 Å². The van der Waals surface area contributed by atoms with E-state index in [1.165, 1.54) is 24.1 Å². The van der Waals surface area contributed by atoms with E-state index < -0.39 is 0 Å². The number of thiophene rings is 1. The summed E-state index contributed by atoms with van der Waals surface area (Å²) in [6.45, 7) is 4.15. The highest BCUT2D eigenvalue weighted by atomic mass is 35.5. The SMILES string of the molecule is Cl.Cn1ccnc1CN(Cc1sccc1Cl)C1CC12CCNCC2. The Bertz CT molecular complexity index is 635. The highest BCUT2D eigenvalue weighted by molar-refractivity contribution is 7.10. The summed E-state index contributed by atoms with van der Waals surface area (Å²) in [4.78, 5) is 8.41. The fourth-order valence-corrected chi connectivity index (χ4v) is 5.05. The zero-order valence-electron chi connectivity index (χ0n) is 13.9. The maximum absolute atomic E-state index is 6.35. The van der Waals surface area contributed by atoms with E-state index in [1.807, 2.05) is 18.5 Å². The van der Waals surface area contributed by atoms with E-state index in [0.717, 1.165) is 37.0 Å². The molecule has 0 amide bonds. The lowest BCUT2D eigenvalue weighted by molar-refractivity contribution is 0.184. The van der Waals surface area contributed by atoms with Crippen LogP contribution < -0.4 is 5.32 Å². The molecule has 4 rings (SSSR count). The number of hydrogen-bond acceptors (Lipinski definition) is 4. The van der Waals surface area contributed by atoms with Gasteiger partial charge in [-0.25, -0.2) is 4.98 Å². The fraction of sp³-hybridized carbons (Fsp3) is 0.588. The van der Waals surface area contributed by atoms with Gasteiger partial charge in [-0.1, -0.05) is 11.6 Å². The molecule has 1 saturated carbocycles. The number of rotatable bonds is 5. The van der Waals surface area contributed by atoms with E-state index in [4.69, 9.17) is 11.6 Å². The number of hydrogen-bond donors (Lipinski definition) is 1. The summed E-state index contributed by atoms with van der Waals surface area (Å²) in [6.07, 6.45) is 7.83. The van der Waals surface area contributed by atoms with Crippen molar-refractivity contribution >= 4 is 35.3 Å². The molecule has 132 valence electrons. The van der Waals surface area contributed by atoms with Crippen molar-refractivity contribution in [2.24, 2.45) is 12.5 Å². The molecule has 0 radical (unpaired) electrons. The minimum Gasteiger partial charge on any atom is -0.337 e. The predicted octanol–water partition coefficient (Wildman–Crippen LogP) is 3.70. The van der Waals surface area contributed by atoms with Gasteiger partial charge in [0.05, 0.1) is 11.6 Å². The molecule has 1 aliphatic carbocycles. The van der Waals surface area contributed by atoms with Gasteiger partial charge in [0.25, 0.3) is 0 Å². The molecule has 2 fully saturated rings. The standard InChI is InChI=1S/C17H23ClN4S.ClH/c1-21-8-7-20-16(21)12-22(11-14-13(18)2-9-23-14)15-10-17(15)3-5-19-6-4-17;/h2,7-9,15,19H,3-6,10-12H2,1H3;1H. The first-order valence-electron chi connectivity index (χ1n) is 8.31. The lowest BCUT2D eigenvalue weighted by atomic mass is 9.93. The normalized spacial score (nSPS) is 21.9. The van der Waals surface area contributed by atoms with Crippen LogP contribution in [0.3, 0.4) is 0 Å². The third kappa shape index (κ3) is 3.51. The maximum atomic E-state index is 6.35. The molecule has 1 N–H and O–H groups in total.